The second-order valence-corrected chi connectivity index (χ2v) is 6.01. The lowest BCUT2D eigenvalue weighted by atomic mass is 9.90. The summed E-state index contributed by atoms with van der Waals surface area (Å²) in [5, 5.41) is 9.07. The number of nitrogens with one attached hydrogen (secondary N) is 2. The van der Waals surface area contributed by atoms with Crippen molar-refractivity contribution >= 4 is 11.9 Å². The molecule has 0 radical (unpaired) electrons. The van der Waals surface area contributed by atoms with Gasteiger partial charge in [-0.25, -0.2) is 4.79 Å². The van der Waals surface area contributed by atoms with E-state index >= 15 is 0 Å². The molecule has 1 fully saturated rings. The summed E-state index contributed by atoms with van der Waals surface area (Å²) in [6.45, 7) is 1.53. The summed E-state index contributed by atoms with van der Waals surface area (Å²) >= 11 is 0. The van der Waals surface area contributed by atoms with Crippen molar-refractivity contribution in [2.75, 3.05) is 13.1 Å². The van der Waals surface area contributed by atoms with Crippen LogP contribution in [0.4, 0.5) is 4.79 Å². The van der Waals surface area contributed by atoms with Crippen LogP contribution < -0.4 is 11.1 Å². The van der Waals surface area contributed by atoms with Gasteiger partial charge in [-0.3, -0.25) is 20.1 Å². The zero-order valence-corrected chi connectivity index (χ0v) is 13.3. The minimum atomic E-state index is -0.825. The number of likely N-dealkylation sites (tertiary alicyclic amines) is 1. The number of nitrogens with two attached hydrogens (primary N) is 1. The molecule has 1 aromatic carbocycles. The smallest absolute Gasteiger partial charge is 0.318 e. The van der Waals surface area contributed by atoms with Gasteiger partial charge >= 0.3 is 6.03 Å². The average molecular weight is 327 g/mol. The van der Waals surface area contributed by atoms with Gasteiger partial charge in [-0.05, 0) is 43.0 Å². The SMILES string of the molecule is NC(=O)NC(=O)C(c1ccccc1)N1CCC(c2cn[nH]c2)CC1. The molecule has 126 valence electrons. The summed E-state index contributed by atoms with van der Waals surface area (Å²) in [5.41, 5.74) is 7.19. The van der Waals surface area contributed by atoms with Crippen LogP contribution in [0.5, 0.6) is 0 Å². The molecule has 4 N–H and O–H groups in total. The highest BCUT2D eigenvalue weighted by Crippen LogP contribution is 2.32. The third-order valence-electron chi connectivity index (χ3n) is 4.50. The van der Waals surface area contributed by atoms with Gasteiger partial charge in [-0.15, -0.1) is 0 Å². The van der Waals surface area contributed by atoms with E-state index in [0.717, 1.165) is 31.5 Å². The van der Waals surface area contributed by atoms with Crippen molar-refractivity contribution in [2.45, 2.75) is 24.8 Å². The van der Waals surface area contributed by atoms with Gasteiger partial charge in [0, 0.05) is 6.20 Å². The molecule has 0 spiro atoms. The first-order chi connectivity index (χ1) is 11.6. The lowest BCUT2D eigenvalue weighted by molar-refractivity contribution is -0.126. The average Bonchev–Trinajstić information content (AvgIpc) is 3.10. The third kappa shape index (κ3) is 3.62. The van der Waals surface area contributed by atoms with Crippen molar-refractivity contribution in [3.63, 3.8) is 0 Å². The van der Waals surface area contributed by atoms with Gasteiger partial charge in [0.1, 0.15) is 6.04 Å². The summed E-state index contributed by atoms with van der Waals surface area (Å²) < 4.78 is 0. The zero-order valence-electron chi connectivity index (χ0n) is 13.3. The van der Waals surface area contributed by atoms with Crippen LogP contribution in [-0.2, 0) is 4.79 Å². The number of H-pyrrole nitrogens is 1. The Bertz CT molecular complexity index is 678. The van der Waals surface area contributed by atoms with Gasteiger partial charge in [0.25, 0.3) is 0 Å². The second kappa shape index (κ2) is 7.27. The number of benzene rings is 1. The quantitative estimate of drug-likeness (QED) is 0.792. The molecule has 3 amide bonds. The fraction of sp³-hybridized carbons (Fsp3) is 0.353. The number of piperidine rings is 1. The summed E-state index contributed by atoms with van der Waals surface area (Å²) in [6, 6.07) is 8.13. The van der Waals surface area contributed by atoms with Crippen LogP contribution >= 0.6 is 0 Å². The lowest BCUT2D eigenvalue weighted by Crippen LogP contribution is -2.46. The molecule has 0 aliphatic carbocycles. The van der Waals surface area contributed by atoms with Crippen molar-refractivity contribution in [3.8, 4) is 0 Å². The Morgan fingerprint density at radius 3 is 2.54 bits per heavy atom. The second-order valence-electron chi connectivity index (χ2n) is 6.01. The molecule has 1 aromatic heterocycles. The maximum Gasteiger partial charge on any atom is 0.318 e. The molecule has 7 heteroatoms. The predicted octanol–water partition coefficient (Wildman–Crippen LogP) is 1.53. The van der Waals surface area contributed by atoms with Crippen LogP contribution in [0.3, 0.4) is 0 Å². The number of imide groups is 1. The molecule has 0 bridgehead atoms. The van der Waals surface area contributed by atoms with Gasteiger partial charge < -0.3 is 5.73 Å². The number of hydrogen-bond donors (Lipinski definition) is 3. The van der Waals surface area contributed by atoms with Gasteiger partial charge in [0.2, 0.25) is 5.91 Å². The van der Waals surface area contributed by atoms with E-state index in [0.29, 0.717) is 5.92 Å². The highest BCUT2D eigenvalue weighted by Gasteiger charge is 2.32. The molecule has 2 heterocycles. The number of nitrogens with zero attached hydrogens (tertiary/aromatic N) is 2. The van der Waals surface area contributed by atoms with Crippen molar-refractivity contribution < 1.29 is 9.59 Å². The van der Waals surface area contributed by atoms with E-state index in [2.05, 4.69) is 20.4 Å². The highest BCUT2D eigenvalue weighted by molar-refractivity contribution is 5.96. The number of amides is 3. The Labute approximate surface area is 140 Å². The van der Waals surface area contributed by atoms with Crippen LogP contribution in [0.1, 0.15) is 35.9 Å². The first-order valence-corrected chi connectivity index (χ1v) is 8.03. The first-order valence-electron chi connectivity index (χ1n) is 8.03. The molecule has 1 aliphatic rings. The van der Waals surface area contributed by atoms with Gasteiger partial charge in [-0.1, -0.05) is 30.3 Å². The normalized spacial score (nSPS) is 17.3. The van der Waals surface area contributed by atoms with E-state index in [1.54, 1.807) is 0 Å². The van der Waals surface area contributed by atoms with E-state index < -0.39 is 12.1 Å². The number of carbonyl (C=O) groups is 2. The summed E-state index contributed by atoms with van der Waals surface area (Å²) in [7, 11) is 0. The van der Waals surface area contributed by atoms with Crippen molar-refractivity contribution in [3.05, 3.63) is 53.9 Å². The number of urea groups is 1. The van der Waals surface area contributed by atoms with E-state index in [4.69, 9.17) is 5.73 Å². The third-order valence-corrected chi connectivity index (χ3v) is 4.50. The number of hydrogen-bond acceptors (Lipinski definition) is 4. The van der Waals surface area contributed by atoms with Gasteiger partial charge in [-0.2, -0.15) is 5.10 Å². The Kier molecular flexibility index (Phi) is 4.90. The summed E-state index contributed by atoms with van der Waals surface area (Å²) in [4.78, 5) is 25.7. The van der Waals surface area contributed by atoms with Gasteiger partial charge in [0.05, 0.1) is 6.20 Å². The highest BCUT2D eigenvalue weighted by atomic mass is 16.2. The molecular weight excluding hydrogens is 306 g/mol. The first kappa shape index (κ1) is 16.2. The van der Waals surface area contributed by atoms with Crippen LogP contribution in [-0.4, -0.2) is 40.1 Å². The lowest BCUT2D eigenvalue weighted by Gasteiger charge is -2.36. The molecule has 1 saturated heterocycles. The Hall–Kier alpha value is -2.67. The molecule has 1 unspecified atom stereocenters. The largest absolute Gasteiger partial charge is 0.351 e. The van der Waals surface area contributed by atoms with Gasteiger partial charge in [0.15, 0.2) is 0 Å². The number of aromatic nitrogens is 2. The molecule has 0 saturated carbocycles. The van der Waals surface area contributed by atoms with Crippen LogP contribution in [0.15, 0.2) is 42.7 Å². The van der Waals surface area contributed by atoms with E-state index in [-0.39, 0.29) is 5.91 Å². The topological polar surface area (TPSA) is 104 Å². The van der Waals surface area contributed by atoms with Crippen molar-refractivity contribution in [1.82, 2.24) is 20.4 Å². The predicted molar refractivity (Wildman–Crippen MR) is 89.0 cm³/mol. The minimum absolute atomic E-state index is 0.379. The standard InChI is InChI=1S/C17H21N5O2/c18-17(24)21-16(23)15(13-4-2-1-3-5-13)22-8-6-12(7-9-22)14-10-19-20-11-14/h1-5,10-12,15H,6-9H2,(H,19,20)(H3,18,21,23,24). The summed E-state index contributed by atoms with van der Waals surface area (Å²) in [6.07, 6.45) is 5.66. The molecule has 2 aromatic rings. The maximum absolute atomic E-state index is 12.5. The molecule has 24 heavy (non-hydrogen) atoms. The Morgan fingerprint density at radius 2 is 1.96 bits per heavy atom. The van der Waals surface area contributed by atoms with E-state index in [9.17, 15) is 9.59 Å². The molecule has 3 rings (SSSR count). The molecular formula is C17H21N5O2. The summed E-state index contributed by atoms with van der Waals surface area (Å²) in [5.74, 6) is 0.0612. The fourth-order valence-electron chi connectivity index (χ4n) is 3.33. The molecule has 1 atom stereocenters. The van der Waals surface area contributed by atoms with Crippen LogP contribution in [0.2, 0.25) is 0 Å². The Morgan fingerprint density at radius 1 is 1.25 bits per heavy atom. The number of carbonyl (C=O) groups excluding carboxylic acids is 2. The Balaban J connectivity index is 1.74. The number of rotatable bonds is 4. The van der Waals surface area contributed by atoms with E-state index in [1.807, 2.05) is 42.7 Å². The monoisotopic (exact) mass is 327 g/mol. The number of primary amides is 1. The zero-order chi connectivity index (χ0) is 16.9. The molecule has 1 aliphatic heterocycles. The van der Waals surface area contributed by atoms with Crippen LogP contribution in [0.25, 0.3) is 0 Å². The fourth-order valence-corrected chi connectivity index (χ4v) is 3.33. The van der Waals surface area contributed by atoms with Crippen molar-refractivity contribution in [2.24, 2.45) is 5.73 Å². The molecule has 7 nitrogen and oxygen atoms in total. The van der Waals surface area contributed by atoms with Crippen molar-refractivity contribution in [1.29, 1.82) is 0 Å². The van der Waals surface area contributed by atoms with Crippen LogP contribution in [0, 0.1) is 0 Å². The number of aromatic amines is 1. The minimum Gasteiger partial charge on any atom is -0.351 e. The van der Waals surface area contributed by atoms with E-state index in [1.165, 1.54) is 5.56 Å². The maximum atomic E-state index is 12.5.